The lowest BCUT2D eigenvalue weighted by Crippen LogP contribution is -2.04. The van der Waals surface area contributed by atoms with Gasteiger partial charge in [-0.25, -0.2) is 0 Å². The average Bonchev–Trinajstić information content (AvgIpc) is 2.45. The first-order chi connectivity index (χ1) is 9.50. The fraction of sp³-hybridized carbons (Fsp3) is 0.0667. The van der Waals surface area contributed by atoms with Gasteiger partial charge in [-0.05, 0) is 35.9 Å². The number of aromatic nitrogens is 1. The van der Waals surface area contributed by atoms with Gasteiger partial charge in [0.1, 0.15) is 6.07 Å². The van der Waals surface area contributed by atoms with E-state index in [0.29, 0.717) is 16.8 Å². The van der Waals surface area contributed by atoms with Crippen LogP contribution in [0.2, 0.25) is 0 Å². The molecule has 0 aliphatic carbocycles. The molecule has 1 aromatic carbocycles. The van der Waals surface area contributed by atoms with Crippen LogP contribution in [0.15, 0.2) is 48.7 Å². The number of halogens is 3. The van der Waals surface area contributed by atoms with E-state index in [1.807, 2.05) is 6.07 Å². The Labute approximate surface area is 113 Å². The van der Waals surface area contributed by atoms with Gasteiger partial charge in [-0.1, -0.05) is 18.2 Å². The second kappa shape index (κ2) is 5.57. The highest BCUT2D eigenvalue weighted by molar-refractivity contribution is 5.88. The van der Waals surface area contributed by atoms with E-state index in [4.69, 9.17) is 5.26 Å². The van der Waals surface area contributed by atoms with E-state index < -0.39 is 11.7 Å². The van der Waals surface area contributed by atoms with Crippen LogP contribution in [0.25, 0.3) is 11.6 Å². The maximum absolute atomic E-state index is 12.4. The number of nitriles is 1. The smallest absolute Gasteiger partial charge is 0.256 e. The Morgan fingerprint density at radius 2 is 1.80 bits per heavy atom. The molecule has 0 aliphatic heterocycles. The van der Waals surface area contributed by atoms with E-state index in [1.54, 1.807) is 24.4 Å². The van der Waals surface area contributed by atoms with Crippen molar-refractivity contribution < 1.29 is 13.2 Å². The topological polar surface area (TPSA) is 36.7 Å². The number of allylic oxidation sites excluding steroid dienone is 1. The third-order valence-electron chi connectivity index (χ3n) is 2.61. The molecule has 2 aromatic rings. The Bertz CT molecular complexity index is 650. The van der Waals surface area contributed by atoms with E-state index in [-0.39, 0.29) is 0 Å². The molecule has 5 heteroatoms. The predicted octanol–water partition coefficient (Wildman–Crippen LogP) is 4.16. The summed E-state index contributed by atoms with van der Waals surface area (Å²) < 4.78 is 37.3. The quantitative estimate of drug-likeness (QED) is 0.771. The number of hydrogen-bond acceptors (Lipinski definition) is 2. The molecule has 1 heterocycles. The average molecular weight is 274 g/mol. The molecule has 0 saturated heterocycles. The van der Waals surface area contributed by atoms with Gasteiger partial charge in [0.15, 0.2) is 0 Å². The van der Waals surface area contributed by atoms with E-state index in [1.165, 1.54) is 18.2 Å². The van der Waals surface area contributed by atoms with Crippen molar-refractivity contribution in [2.45, 2.75) is 6.18 Å². The van der Waals surface area contributed by atoms with Crippen molar-refractivity contribution in [1.29, 1.82) is 5.26 Å². The van der Waals surface area contributed by atoms with Gasteiger partial charge in [-0.2, -0.15) is 18.4 Å². The van der Waals surface area contributed by atoms with Gasteiger partial charge in [0.25, 0.3) is 0 Å². The highest BCUT2D eigenvalue weighted by Gasteiger charge is 2.29. The molecular formula is C15H9F3N2. The lowest BCUT2D eigenvalue weighted by Gasteiger charge is -2.06. The van der Waals surface area contributed by atoms with Crippen molar-refractivity contribution in [1.82, 2.24) is 4.98 Å². The molecule has 0 fully saturated rings. The van der Waals surface area contributed by atoms with Gasteiger partial charge >= 0.3 is 6.18 Å². The first-order valence-electron chi connectivity index (χ1n) is 5.71. The zero-order valence-electron chi connectivity index (χ0n) is 10.2. The Kier molecular flexibility index (Phi) is 3.85. The molecule has 0 saturated carbocycles. The minimum absolute atomic E-state index is 0.297. The largest absolute Gasteiger partial charge is 0.416 e. The maximum Gasteiger partial charge on any atom is 0.416 e. The summed E-state index contributed by atoms with van der Waals surface area (Å²) in [6.07, 6.45) is -1.31. The van der Waals surface area contributed by atoms with Crippen LogP contribution in [-0.4, -0.2) is 4.98 Å². The van der Waals surface area contributed by atoms with Gasteiger partial charge in [0.2, 0.25) is 0 Å². The van der Waals surface area contributed by atoms with Gasteiger partial charge in [-0.3, -0.25) is 4.98 Å². The van der Waals surface area contributed by atoms with Crippen LogP contribution in [0.4, 0.5) is 13.2 Å². The summed E-state index contributed by atoms with van der Waals surface area (Å²) in [5.41, 5.74) is 0.575. The molecule has 0 unspecified atom stereocenters. The Balaban J connectivity index is 2.33. The minimum Gasteiger partial charge on any atom is -0.256 e. The summed E-state index contributed by atoms with van der Waals surface area (Å²) in [7, 11) is 0. The zero-order valence-corrected chi connectivity index (χ0v) is 10.2. The molecule has 0 amide bonds. The van der Waals surface area contributed by atoms with Crippen LogP contribution in [0.1, 0.15) is 16.8 Å². The second-order valence-corrected chi connectivity index (χ2v) is 4.00. The molecule has 20 heavy (non-hydrogen) atoms. The SMILES string of the molecule is N#CC(=Cc1ccc(C(F)(F)F)cc1)c1ccccn1. The Hall–Kier alpha value is -2.61. The molecule has 2 nitrogen and oxygen atoms in total. The standard InChI is InChI=1S/C15H9F3N2/c16-15(17,18)13-6-4-11(5-7-13)9-12(10-19)14-3-1-2-8-20-14/h1-9H. The molecule has 100 valence electrons. The van der Waals surface area contributed by atoms with Crippen molar-refractivity contribution in [2.24, 2.45) is 0 Å². The van der Waals surface area contributed by atoms with Crippen LogP contribution in [0, 0.1) is 11.3 Å². The summed E-state index contributed by atoms with van der Waals surface area (Å²) in [6.45, 7) is 0. The van der Waals surface area contributed by atoms with Gasteiger partial charge in [0, 0.05) is 6.20 Å². The highest BCUT2D eigenvalue weighted by atomic mass is 19.4. The molecular weight excluding hydrogens is 265 g/mol. The molecule has 0 N–H and O–H groups in total. The molecule has 0 atom stereocenters. The first kappa shape index (κ1) is 13.8. The number of hydrogen-bond donors (Lipinski definition) is 0. The summed E-state index contributed by atoms with van der Waals surface area (Å²) in [5, 5.41) is 9.09. The third-order valence-corrected chi connectivity index (χ3v) is 2.61. The number of alkyl halides is 3. The molecule has 0 spiro atoms. The molecule has 0 radical (unpaired) electrons. The number of pyridine rings is 1. The molecule has 0 bridgehead atoms. The van der Waals surface area contributed by atoms with Crippen LogP contribution in [0.3, 0.4) is 0 Å². The fourth-order valence-corrected chi connectivity index (χ4v) is 1.62. The summed E-state index contributed by atoms with van der Waals surface area (Å²) in [6, 6.07) is 11.7. The van der Waals surface area contributed by atoms with E-state index in [0.717, 1.165) is 12.1 Å². The van der Waals surface area contributed by atoms with Crippen LogP contribution < -0.4 is 0 Å². The van der Waals surface area contributed by atoms with E-state index in [2.05, 4.69) is 4.98 Å². The summed E-state index contributed by atoms with van der Waals surface area (Å²) >= 11 is 0. The van der Waals surface area contributed by atoms with Crippen LogP contribution >= 0.6 is 0 Å². The fourth-order valence-electron chi connectivity index (χ4n) is 1.62. The van der Waals surface area contributed by atoms with Crippen molar-refractivity contribution in [2.75, 3.05) is 0 Å². The van der Waals surface area contributed by atoms with E-state index in [9.17, 15) is 13.2 Å². The van der Waals surface area contributed by atoms with Crippen molar-refractivity contribution in [3.8, 4) is 6.07 Å². The summed E-state index contributed by atoms with van der Waals surface area (Å²) in [4.78, 5) is 4.03. The lowest BCUT2D eigenvalue weighted by atomic mass is 10.1. The molecule has 2 rings (SSSR count). The highest BCUT2D eigenvalue weighted by Crippen LogP contribution is 2.29. The Morgan fingerprint density at radius 3 is 2.30 bits per heavy atom. The number of benzene rings is 1. The third kappa shape index (κ3) is 3.23. The van der Waals surface area contributed by atoms with E-state index >= 15 is 0 Å². The first-order valence-corrected chi connectivity index (χ1v) is 5.71. The van der Waals surface area contributed by atoms with Crippen molar-refractivity contribution in [3.05, 3.63) is 65.5 Å². The monoisotopic (exact) mass is 274 g/mol. The summed E-state index contributed by atoms with van der Waals surface area (Å²) in [5.74, 6) is 0. The van der Waals surface area contributed by atoms with Crippen molar-refractivity contribution >= 4 is 11.6 Å². The van der Waals surface area contributed by atoms with Gasteiger partial charge < -0.3 is 0 Å². The maximum atomic E-state index is 12.4. The molecule has 1 aromatic heterocycles. The van der Waals surface area contributed by atoms with Gasteiger partial charge in [-0.15, -0.1) is 0 Å². The van der Waals surface area contributed by atoms with Crippen LogP contribution in [0.5, 0.6) is 0 Å². The minimum atomic E-state index is -4.36. The second-order valence-electron chi connectivity index (χ2n) is 4.00. The number of rotatable bonds is 2. The van der Waals surface area contributed by atoms with Gasteiger partial charge in [0.05, 0.1) is 16.8 Å². The number of nitrogens with zero attached hydrogens (tertiary/aromatic N) is 2. The Morgan fingerprint density at radius 1 is 1.10 bits per heavy atom. The van der Waals surface area contributed by atoms with Crippen LogP contribution in [-0.2, 0) is 6.18 Å². The lowest BCUT2D eigenvalue weighted by molar-refractivity contribution is -0.137. The normalized spacial score (nSPS) is 12.0. The zero-order chi connectivity index (χ0) is 14.6. The predicted molar refractivity (Wildman–Crippen MR) is 69.2 cm³/mol. The van der Waals surface area contributed by atoms with Crippen molar-refractivity contribution in [3.63, 3.8) is 0 Å². The molecule has 0 aliphatic rings.